The molecule has 0 saturated heterocycles. The van der Waals surface area contributed by atoms with Gasteiger partial charge in [0.2, 0.25) is 0 Å². The summed E-state index contributed by atoms with van der Waals surface area (Å²) in [5, 5.41) is 20.4. The summed E-state index contributed by atoms with van der Waals surface area (Å²) in [5.41, 5.74) is 1.81. The second kappa shape index (κ2) is 14.2. The third kappa shape index (κ3) is 18.6. The van der Waals surface area contributed by atoms with Crippen molar-refractivity contribution in [3.05, 3.63) is 35.9 Å². The first kappa shape index (κ1) is 23.9. The Hall–Kier alpha value is -1.39. The molecule has 1 aromatic rings. The van der Waals surface area contributed by atoms with Gasteiger partial charge in [0.05, 0.1) is 0 Å². The molecule has 4 heteroatoms. The molecule has 0 aliphatic rings. The maximum Gasteiger partial charge on any atom is 0.303 e. The van der Waals surface area contributed by atoms with Crippen LogP contribution in [0.15, 0.2) is 30.3 Å². The molecule has 23 heavy (non-hydrogen) atoms. The molecule has 0 atom stereocenters. The number of carboxylic acid groups (broad SMARTS) is 1. The minimum Gasteiger partial charge on any atom is -0.481 e. The molecule has 3 N–H and O–H groups in total. The Bertz CT molecular complexity index is 380. The maximum absolute atomic E-state index is 10.2. The molecular formula is C19H34O4. The molecule has 0 aliphatic carbocycles. The van der Waals surface area contributed by atoms with E-state index >= 15 is 0 Å². The van der Waals surface area contributed by atoms with Crippen LogP contribution < -0.4 is 0 Å². The van der Waals surface area contributed by atoms with Crippen LogP contribution in [-0.4, -0.2) is 21.6 Å². The molecule has 0 amide bonds. The van der Waals surface area contributed by atoms with Crippen molar-refractivity contribution in [1.29, 1.82) is 0 Å². The van der Waals surface area contributed by atoms with E-state index in [1.165, 1.54) is 12.0 Å². The Morgan fingerprint density at radius 1 is 1.00 bits per heavy atom. The Balaban J connectivity index is 0. The third-order valence-corrected chi connectivity index (χ3v) is 3.28. The van der Waals surface area contributed by atoms with Crippen LogP contribution in [0.1, 0.15) is 78.2 Å². The van der Waals surface area contributed by atoms with Gasteiger partial charge in [0, 0.05) is 6.42 Å². The largest absolute Gasteiger partial charge is 0.481 e. The van der Waals surface area contributed by atoms with Gasteiger partial charge in [-0.05, 0) is 29.7 Å². The molecule has 0 unspecified atom stereocenters. The van der Waals surface area contributed by atoms with Gasteiger partial charge in [0.1, 0.15) is 0 Å². The van der Waals surface area contributed by atoms with Gasteiger partial charge >= 0.3 is 5.97 Å². The minimum atomic E-state index is -0.675. The van der Waals surface area contributed by atoms with Gasteiger partial charge in [0.25, 0.3) is 0 Å². The topological polar surface area (TPSA) is 77.8 Å². The number of hydrogen-bond donors (Lipinski definition) is 3. The fourth-order valence-corrected chi connectivity index (χ4v) is 1.95. The highest BCUT2D eigenvalue weighted by Crippen LogP contribution is 2.22. The number of unbranched alkanes of at least 4 members (excludes halogenated alkanes) is 2. The molecule has 0 saturated carbocycles. The van der Waals surface area contributed by atoms with E-state index < -0.39 is 5.97 Å². The van der Waals surface area contributed by atoms with Gasteiger partial charge in [-0.3, -0.25) is 15.3 Å². The quantitative estimate of drug-likeness (QED) is 0.346. The van der Waals surface area contributed by atoms with Gasteiger partial charge in [-0.2, -0.15) is 0 Å². The SMILES string of the molecule is CC(C)(C)CCCCCC(=O)O.CC(C)c1ccccc1.OO. The fraction of sp³-hybridized carbons (Fsp3) is 0.632. The summed E-state index contributed by atoms with van der Waals surface area (Å²) in [7, 11) is 0. The van der Waals surface area contributed by atoms with Crippen molar-refractivity contribution < 1.29 is 20.4 Å². The van der Waals surface area contributed by atoms with Crippen LogP contribution in [0.3, 0.4) is 0 Å². The van der Waals surface area contributed by atoms with E-state index in [-0.39, 0.29) is 0 Å². The maximum atomic E-state index is 10.2. The molecule has 0 bridgehead atoms. The smallest absolute Gasteiger partial charge is 0.303 e. The summed E-state index contributed by atoms with van der Waals surface area (Å²) < 4.78 is 0. The summed E-state index contributed by atoms with van der Waals surface area (Å²) in [5.74, 6) is -0.0167. The first-order valence-corrected chi connectivity index (χ1v) is 8.19. The zero-order chi connectivity index (χ0) is 18.3. The number of hydrogen-bond acceptors (Lipinski definition) is 3. The fourth-order valence-electron chi connectivity index (χ4n) is 1.95. The standard InChI is InChI=1S/C10H20O2.C9H12.H2O2/c1-10(2,3)8-6-4-5-7-9(11)12;1-8(2)9-6-4-3-5-7-9;1-2/h4-8H2,1-3H3,(H,11,12);3-8H,1-2H3;1-2H. The van der Waals surface area contributed by atoms with Crippen LogP contribution in [-0.2, 0) is 4.79 Å². The molecule has 0 aliphatic heterocycles. The second-order valence-corrected chi connectivity index (χ2v) is 7.08. The lowest BCUT2D eigenvalue weighted by molar-refractivity contribution is -0.176. The molecule has 0 spiro atoms. The Kier molecular flexibility index (Phi) is 14.8. The summed E-state index contributed by atoms with van der Waals surface area (Å²) >= 11 is 0. The van der Waals surface area contributed by atoms with E-state index in [4.69, 9.17) is 15.6 Å². The number of carbonyl (C=O) groups is 1. The highest BCUT2D eigenvalue weighted by molar-refractivity contribution is 5.66. The Morgan fingerprint density at radius 3 is 1.87 bits per heavy atom. The van der Waals surface area contributed by atoms with Gasteiger partial charge < -0.3 is 5.11 Å². The summed E-state index contributed by atoms with van der Waals surface area (Å²) in [6.07, 6.45) is 4.53. The van der Waals surface area contributed by atoms with Crippen LogP contribution in [0.25, 0.3) is 0 Å². The Labute approximate surface area is 141 Å². The van der Waals surface area contributed by atoms with Crippen LogP contribution in [0.2, 0.25) is 0 Å². The van der Waals surface area contributed by atoms with Crippen molar-refractivity contribution in [2.24, 2.45) is 5.41 Å². The predicted octanol–water partition coefficient (Wildman–Crippen LogP) is 5.90. The zero-order valence-corrected chi connectivity index (χ0v) is 15.2. The average molecular weight is 326 g/mol. The molecular weight excluding hydrogens is 292 g/mol. The average Bonchev–Trinajstić information content (AvgIpc) is 2.49. The lowest BCUT2D eigenvalue weighted by Crippen LogP contribution is -2.04. The van der Waals surface area contributed by atoms with Crippen molar-refractivity contribution in [3.63, 3.8) is 0 Å². The molecule has 0 heterocycles. The molecule has 1 rings (SSSR count). The van der Waals surface area contributed by atoms with Crippen LogP contribution in [0.5, 0.6) is 0 Å². The number of rotatable bonds is 6. The van der Waals surface area contributed by atoms with E-state index in [0.717, 1.165) is 19.3 Å². The van der Waals surface area contributed by atoms with Crippen molar-refractivity contribution in [2.45, 2.75) is 72.6 Å². The summed E-state index contributed by atoms with van der Waals surface area (Å²) in [6, 6.07) is 10.5. The number of benzene rings is 1. The normalized spacial score (nSPS) is 10.3. The molecule has 0 radical (unpaired) electrons. The van der Waals surface area contributed by atoms with Gasteiger partial charge in [0.15, 0.2) is 0 Å². The van der Waals surface area contributed by atoms with Crippen molar-refractivity contribution >= 4 is 5.97 Å². The van der Waals surface area contributed by atoms with E-state index in [1.807, 2.05) is 6.07 Å². The van der Waals surface area contributed by atoms with E-state index in [9.17, 15) is 4.79 Å². The van der Waals surface area contributed by atoms with Gasteiger partial charge in [-0.25, -0.2) is 0 Å². The van der Waals surface area contributed by atoms with Crippen molar-refractivity contribution in [3.8, 4) is 0 Å². The summed E-state index contributed by atoms with van der Waals surface area (Å²) in [6.45, 7) is 11.0. The van der Waals surface area contributed by atoms with Crippen LogP contribution >= 0.6 is 0 Å². The molecule has 4 nitrogen and oxygen atoms in total. The van der Waals surface area contributed by atoms with Crippen molar-refractivity contribution in [2.75, 3.05) is 0 Å². The van der Waals surface area contributed by atoms with E-state index in [2.05, 4.69) is 58.9 Å². The van der Waals surface area contributed by atoms with Crippen molar-refractivity contribution in [1.82, 2.24) is 0 Å². The number of carboxylic acids is 1. The minimum absolute atomic E-state index is 0.324. The third-order valence-electron chi connectivity index (χ3n) is 3.28. The van der Waals surface area contributed by atoms with E-state index in [0.29, 0.717) is 17.8 Å². The monoisotopic (exact) mass is 326 g/mol. The number of aliphatic carboxylic acids is 1. The predicted molar refractivity (Wildman–Crippen MR) is 96.0 cm³/mol. The first-order chi connectivity index (χ1) is 10.7. The molecule has 134 valence electrons. The lowest BCUT2D eigenvalue weighted by atomic mass is 9.89. The lowest BCUT2D eigenvalue weighted by Gasteiger charge is -2.17. The van der Waals surface area contributed by atoms with Gasteiger partial charge in [-0.1, -0.05) is 77.8 Å². The van der Waals surface area contributed by atoms with E-state index in [1.54, 1.807) is 0 Å². The second-order valence-electron chi connectivity index (χ2n) is 7.08. The molecule has 0 aromatic heterocycles. The Morgan fingerprint density at radius 2 is 1.52 bits per heavy atom. The van der Waals surface area contributed by atoms with Crippen LogP contribution in [0, 0.1) is 5.41 Å². The van der Waals surface area contributed by atoms with Crippen LogP contribution in [0.4, 0.5) is 0 Å². The molecule has 0 fully saturated rings. The first-order valence-electron chi connectivity index (χ1n) is 8.19. The zero-order valence-electron chi connectivity index (χ0n) is 15.2. The highest BCUT2D eigenvalue weighted by atomic mass is 17.0. The van der Waals surface area contributed by atoms with Gasteiger partial charge in [-0.15, -0.1) is 0 Å². The highest BCUT2D eigenvalue weighted by Gasteiger charge is 2.08. The molecule has 1 aromatic carbocycles. The summed E-state index contributed by atoms with van der Waals surface area (Å²) in [4.78, 5) is 10.2.